The Bertz CT molecular complexity index is 683. The zero-order chi connectivity index (χ0) is 15.2. The van der Waals surface area contributed by atoms with E-state index in [0.29, 0.717) is 17.0 Å². The van der Waals surface area contributed by atoms with Crippen molar-refractivity contribution in [3.63, 3.8) is 0 Å². The summed E-state index contributed by atoms with van der Waals surface area (Å²) in [7, 11) is 0. The van der Waals surface area contributed by atoms with E-state index in [1.54, 1.807) is 31.2 Å². The topological polar surface area (TPSA) is 59.4 Å². The number of hydrogen-bond donors (Lipinski definition) is 1. The molecule has 0 atom stereocenters. The van der Waals surface area contributed by atoms with Gasteiger partial charge in [0, 0.05) is 11.8 Å². The second-order valence-electron chi connectivity index (χ2n) is 4.43. The van der Waals surface area contributed by atoms with Crippen LogP contribution < -0.4 is 4.74 Å². The number of carbonyl (C=O) groups is 1. The number of aromatic nitrogens is 1. The predicted octanol–water partition coefficient (Wildman–Crippen LogP) is 3.21. The highest BCUT2D eigenvalue weighted by Crippen LogP contribution is 2.20. The van der Waals surface area contributed by atoms with Gasteiger partial charge in [-0.15, -0.1) is 0 Å². The number of nitrogens with zero attached hydrogens (tertiary/aromatic N) is 1. The molecular formula is C16H14FNO3. The summed E-state index contributed by atoms with van der Waals surface area (Å²) in [6, 6.07) is 9.57. The highest BCUT2D eigenvalue weighted by Gasteiger charge is 2.05. The fourth-order valence-electron chi connectivity index (χ4n) is 1.74. The van der Waals surface area contributed by atoms with E-state index in [9.17, 15) is 9.18 Å². The van der Waals surface area contributed by atoms with E-state index in [0.717, 1.165) is 11.8 Å². The summed E-state index contributed by atoms with van der Waals surface area (Å²) < 4.78 is 18.7. The summed E-state index contributed by atoms with van der Waals surface area (Å²) in [5.41, 5.74) is 1.86. The number of halogens is 1. The van der Waals surface area contributed by atoms with Gasteiger partial charge in [0.25, 0.3) is 0 Å². The van der Waals surface area contributed by atoms with Gasteiger partial charge in [-0.1, -0.05) is 12.1 Å². The Morgan fingerprint density at radius 3 is 2.90 bits per heavy atom. The van der Waals surface area contributed by atoms with Gasteiger partial charge in [0.05, 0.1) is 0 Å². The predicted molar refractivity (Wildman–Crippen MR) is 76.4 cm³/mol. The van der Waals surface area contributed by atoms with Gasteiger partial charge in [-0.25, -0.2) is 14.2 Å². The number of pyridine rings is 1. The Balaban J connectivity index is 2.17. The van der Waals surface area contributed by atoms with Gasteiger partial charge in [-0.05, 0) is 42.8 Å². The third-order valence-electron chi connectivity index (χ3n) is 2.69. The van der Waals surface area contributed by atoms with Crippen molar-refractivity contribution in [1.82, 2.24) is 4.98 Å². The monoisotopic (exact) mass is 287 g/mol. The van der Waals surface area contributed by atoms with Crippen molar-refractivity contribution in [3.05, 3.63) is 65.2 Å². The van der Waals surface area contributed by atoms with Crippen molar-refractivity contribution < 1.29 is 19.0 Å². The second-order valence-corrected chi connectivity index (χ2v) is 4.43. The molecular weight excluding hydrogens is 273 g/mol. The summed E-state index contributed by atoms with van der Waals surface area (Å²) in [4.78, 5) is 14.8. The highest BCUT2D eigenvalue weighted by molar-refractivity contribution is 5.85. The molecule has 0 saturated carbocycles. The molecule has 1 N–H and O–H groups in total. The molecule has 0 unspecified atom stereocenters. The molecule has 2 aromatic rings. The Morgan fingerprint density at radius 2 is 2.19 bits per heavy atom. The van der Waals surface area contributed by atoms with Crippen LogP contribution in [0.2, 0.25) is 0 Å². The minimum atomic E-state index is -1.06. The fourth-order valence-corrected chi connectivity index (χ4v) is 1.74. The molecule has 21 heavy (non-hydrogen) atoms. The van der Waals surface area contributed by atoms with Crippen molar-refractivity contribution in [2.24, 2.45) is 0 Å². The third-order valence-corrected chi connectivity index (χ3v) is 2.69. The van der Waals surface area contributed by atoms with Gasteiger partial charge in [0.1, 0.15) is 23.9 Å². The van der Waals surface area contributed by atoms with E-state index in [1.165, 1.54) is 18.2 Å². The summed E-state index contributed by atoms with van der Waals surface area (Å²) in [6.07, 6.45) is 2.37. The van der Waals surface area contributed by atoms with Gasteiger partial charge in [-0.3, -0.25) is 0 Å². The van der Waals surface area contributed by atoms with E-state index < -0.39 is 5.97 Å². The number of benzene rings is 1. The standard InChI is InChI=1S/C16H14FNO3/c1-11-5-7-15(14(18-11)6-8-16(19)20)21-10-12-3-2-4-13(17)9-12/h2-9H,10H2,1H3,(H,19,20)/b8-6+. The van der Waals surface area contributed by atoms with Crippen molar-refractivity contribution in [2.45, 2.75) is 13.5 Å². The first kappa shape index (κ1) is 14.7. The number of aryl methyl sites for hydroxylation is 1. The number of hydrogen-bond acceptors (Lipinski definition) is 3. The van der Waals surface area contributed by atoms with Crippen LogP contribution in [0.3, 0.4) is 0 Å². The smallest absolute Gasteiger partial charge is 0.328 e. The molecule has 108 valence electrons. The molecule has 1 aromatic carbocycles. The fraction of sp³-hybridized carbons (Fsp3) is 0.125. The van der Waals surface area contributed by atoms with Crippen molar-refractivity contribution in [1.29, 1.82) is 0 Å². The Morgan fingerprint density at radius 1 is 1.38 bits per heavy atom. The van der Waals surface area contributed by atoms with Crippen LogP contribution in [-0.2, 0) is 11.4 Å². The summed E-state index contributed by atoms with van der Waals surface area (Å²) in [6.45, 7) is 1.98. The molecule has 1 heterocycles. The Labute approximate surface area is 121 Å². The lowest BCUT2D eigenvalue weighted by atomic mass is 10.2. The average molecular weight is 287 g/mol. The summed E-state index contributed by atoms with van der Waals surface area (Å²) in [5.74, 6) is -0.944. The van der Waals surface area contributed by atoms with Crippen LogP contribution in [-0.4, -0.2) is 16.1 Å². The van der Waals surface area contributed by atoms with E-state index >= 15 is 0 Å². The van der Waals surface area contributed by atoms with Gasteiger partial charge >= 0.3 is 5.97 Å². The van der Waals surface area contributed by atoms with E-state index in [1.807, 2.05) is 0 Å². The van der Waals surface area contributed by atoms with Gasteiger partial charge in [0.2, 0.25) is 0 Å². The lowest BCUT2D eigenvalue weighted by Crippen LogP contribution is -2.00. The van der Waals surface area contributed by atoms with Crippen molar-refractivity contribution in [3.8, 4) is 5.75 Å². The lowest BCUT2D eigenvalue weighted by Gasteiger charge is -2.09. The molecule has 0 saturated heterocycles. The average Bonchev–Trinajstić information content (AvgIpc) is 2.44. The Kier molecular flexibility index (Phi) is 4.66. The van der Waals surface area contributed by atoms with Crippen molar-refractivity contribution in [2.75, 3.05) is 0 Å². The number of aliphatic carboxylic acids is 1. The molecule has 0 amide bonds. The minimum Gasteiger partial charge on any atom is -0.487 e. The van der Waals surface area contributed by atoms with E-state index in [2.05, 4.69) is 4.98 Å². The largest absolute Gasteiger partial charge is 0.487 e. The molecule has 0 fully saturated rings. The van der Waals surface area contributed by atoms with Crippen LogP contribution in [0, 0.1) is 12.7 Å². The highest BCUT2D eigenvalue weighted by atomic mass is 19.1. The zero-order valence-electron chi connectivity index (χ0n) is 11.4. The van der Waals surface area contributed by atoms with Crippen LogP contribution in [0.4, 0.5) is 4.39 Å². The maximum Gasteiger partial charge on any atom is 0.328 e. The molecule has 2 rings (SSSR count). The number of carboxylic acid groups (broad SMARTS) is 1. The van der Waals surface area contributed by atoms with Crippen LogP contribution in [0.5, 0.6) is 5.75 Å². The van der Waals surface area contributed by atoms with E-state index in [4.69, 9.17) is 9.84 Å². The number of carboxylic acids is 1. The van der Waals surface area contributed by atoms with Crippen LogP contribution >= 0.6 is 0 Å². The molecule has 0 aliphatic heterocycles. The first-order chi connectivity index (χ1) is 10.0. The van der Waals surface area contributed by atoms with Gasteiger partial charge < -0.3 is 9.84 Å². The maximum atomic E-state index is 13.1. The molecule has 5 heteroatoms. The van der Waals surface area contributed by atoms with Crippen LogP contribution in [0.15, 0.2) is 42.5 Å². The maximum absolute atomic E-state index is 13.1. The summed E-state index contributed by atoms with van der Waals surface area (Å²) in [5, 5.41) is 8.68. The molecule has 0 bridgehead atoms. The SMILES string of the molecule is Cc1ccc(OCc2cccc(F)c2)c(/C=C/C(=O)O)n1. The molecule has 0 aliphatic carbocycles. The zero-order valence-corrected chi connectivity index (χ0v) is 11.4. The number of ether oxygens (including phenoxy) is 1. The first-order valence-electron chi connectivity index (χ1n) is 6.30. The van der Waals surface area contributed by atoms with Crippen molar-refractivity contribution >= 4 is 12.0 Å². The molecule has 0 aliphatic rings. The minimum absolute atomic E-state index is 0.177. The van der Waals surface area contributed by atoms with Gasteiger partial charge in [0.15, 0.2) is 0 Å². The third kappa shape index (κ3) is 4.42. The van der Waals surface area contributed by atoms with Crippen LogP contribution in [0.25, 0.3) is 6.08 Å². The van der Waals surface area contributed by atoms with Gasteiger partial charge in [-0.2, -0.15) is 0 Å². The number of rotatable bonds is 5. The second kappa shape index (κ2) is 6.65. The summed E-state index contributed by atoms with van der Waals surface area (Å²) >= 11 is 0. The molecule has 0 spiro atoms. The Hall–Kier alpha value is -2.69. The quantitative estimate of drug-likeness (QED) is 0.858. The molecule has 0 radical (unpaired) electrons. The first-order valence-corrected chi connectivity index (χ1v) is 6.30. The normalized spacial score (nSPS) is 10.8. The van der Waals surface area contributed by atoms with Crippen LogP contribution in [0.1, 0.15) is 17.0 Å². The van der Waals surface area contributed by atoms with E-state index in [-0.39, 0.29) is 12.4 Å². The lowest BCUT2D eigenvalue weighted by molar-refractivity contribution is -0.131. The molecule has 1 aromatic heterocycles. The molecule has 4 nitrogen and oxygen atoms in total.